The minimum absolute atomic E-state index is 0. The lowest BCUT2D eigenvalue weighted by atomic mass is 10.2. The first-order valence-electron chi connectivity index (χ1n) is 5.82. The van der Waals surface area contributed by atoms with E-state index in [9.17, 15) is 0 Å². The zero-order chi connectivity index (χ0) is 12.9. The highest BCUT2D eigenvalue weighted by molar-refractivity contribution is 7.98. The van der Waals surface area contributed by atoms with Gasteiger partial charge in [0.2, 0.25) is 5.89 Å². The maximum atomic E-state index is 5.59. The van der Waals surface area contributed by atoms with Gasteiger partial charge >= 0.3 is 0 Å². The number of nitrogens with zero attached hydrogens (tertiary/aromatic N) is 3. The van der Waals surface area contributed by atoms with E-state index in [0.717, 1.165) is 11.3 Å². The molecule has 0 unspecified atom stereocenters. The Hall–Kier alpha value is -1.85. The lowest BCUT2D eigenvalue weighted by Crippen LogP contribution is -1.79. The van der Waals surface area contributed by atoms with Crippen LogP contribution < -0.4 is 0 Å². The Kier molecular flexibility index (Phi) is 5.15. The predicted molar refractivity (Wildman–Crippen MR) is 80.8 cm³/mol. The summed E-state index contributed by atoms with van der Waals surface area (Å²) in [5.74, 6) is 1.32. The van der Waals surface area contributed by atoms with Crippen molar-refractivity contribution >= 4 is 24.2 Å². The van der Waals surface area contributed by atoms with Crippen LogP contribution in [0.2, 0.25) is 0 Å². The van der Waals surface area contributed by atoms with Gasteiger partial charge in [-0.15, -0.1) is 22.6 Å². The third-order valence-electron chi connectivity index (χ3n) is 2.52. The van der Waals surface area contributed by atoms with Crippen LogP contribution in [0.4, 0.5) is 0 Å². The fourth-order valence-electron chi connectivity index (χ4n) is 1.59. The molecular weight excluding hydrogens is 294 g/mol. The third kappa shape index (κ3) is 3.59. The van der Waals surface area contributed by atoms with Gasteiger partial charge in [-0.1, -0.05) is 42.1 Å². The molecule has 0 spiro atoms. The zero-order valence-corrected chi connectivity index (χ0v) is 12.1. The summed E-state index contributed by atoms with van der Waals surface area (Å²) in [6.07, 6.45) is 3.42. The predicted octanol–water partition coefficient (Wildman–Crippen LogP) is 3.85. The molecule has 2 heterocycles. The van der Waals surface area contributed by atoms with Crippen LogP contribution in [0.15, 0.2) is 64.5 Å². The van der Waals surface area contributed by atoms with Crippen LogP contribution in [0.1, 0.15) is 5.56 Å². The molecule has 1 aromatic carbocycles. The molecule has 20 heavy (non-hydrogen) atoms. The molecule has 0 saturated heterocycles. The number of benzene rings is 1. The summed E-state index contributed by atoms with van der Waals surface area (Å²) in [6, 6.07) is 13.9. The lowest BCUT2D eigenvalue weighted by Gasteiger charge is -1.96. The van der Waals surface area contributed by atoms with Crippen molar-refractivity contribution in [2.24, 2.45) is 0 Å². The summed E-state index contributed by atoms with van der Waals surface area (Å²) >= 11 is 1.53. The largest absolute Gasteiger partial charge is 0.411 e. The monoisotopic (exact) mass is 305 g/mol. The molecular formula is C14H12ClN3OS. The first kappa shape index (κ1) is 14.6. The molecule has 0 atom stereocenters. The van der Waals surface area contributed by atoms with Crippen LogP contribution >= 0.6 is 24.2 Å². The minimum atomic E-state index is 0. The van der Waals surface area contributed by atoms with Gasteiger partial charge in [-0.2, -0.15) is 0 Å². The first-order chi connectivity index (χ1) is 9.42. The highest BCUT2D eigenvalue weighted by atomic mass is 35.5. The van der Waals surface area contributed by atoms with E-state index in [-0.39, 0.29) is 12.4 Å². The van der Waals surface area contributed by atoms with Crippen molar-refractivity contribution in [2.45, 2.75) is 11.0 Å². The zero-order valence-electron chi connectivity index (χ0n) is 10.5. The number of rotatable bonds is 4. The fourth-order valence-corrected chi connectivity index (χ4v) is 2.31. The molecule has 4 nitrogen and oxygen atoms in total. The Morgan fingerprint density at radius 2 is 1.85 bits per heavy atom. The molecule has 3 aromatic rings. The Morgan fingerprint density at radius 1 is 1.00 bits per heavy atom. The van der Waals surface area contributed by atoms with E-state index >= 15 is 0 Å². The number of halogens is 1. The maximum absolute atomic E-state index is 5.59. The SMILES string of the molecule is Cl.c1ccc(CSc2nnc(-c3cccnc3)o2)cc1. The molecule has 0 saturated carbocycles. The maximum Gasteiger partial charge on any atom is 0.277 e. The fraction of sp³-hybridized carbons (Fsp3) is 0.0714. The normalized spacial score (nSPS) is 10.0. The van der Waals surface area contributed by atoms with Gasteiger partial charge in [-0.25, -0.2) is 0 Å². The van der Waals surface area contributed by atoms with Crippen molar-refractivity contribution in [1.82, 2.24) is 15.2 Å². The number of thioether (sulfide) groups is 1. The van der Waals surface area contributed by atoms with Gasteiger partial charge in [0.25, 0.3) is 5.22 Å². The van der Waals surface area contributed by atoms with Crippen molar-refractivity contribution in [3.8, 4) is 11.5 Å². The van der Waals surface area contributed by atoms with Crippen molar-refractivity contribution in [1.29, 1.82) is 0 Å². The van der Waals surface area contributed by atoms with Crippen molar-refractivity contribution < 1.29 is 4.42 Å². The molecule has 0 N–H and O–H groups in total. The van der Waals surface area contributed by atoms with Crippen molar-refractivity contribution in [3.63, 3.8) is 0 Å². The molecule has 102 valence electrons. The number of pyridine rings is 1. The van der Waals surface area contributed by atoms with Crippen LogP contribution in [0.3, 0.4) is 0 Å². The molecule has 0 aliphatic carbocycles. The molecule has 3 rings (SSSR count). The van der Waals surface area contributed by atoms with Crippen LogP contribution in [0, 0.1) is 0 Å². The first-order valence-corrected chi connectivity index (χ1v) is 6.81. The van der Waals surface area contributed by atoms with E-state index in [2.05, 4.69) is 27.3 Å². The second-order valence-electron chi connectivity index (χ2n) is 3.89. The van der Waals surface area contributed by atoms with Gasteiger partial charge < -0.3 is 4.42 Å². The van der Waals surface area contributed by atoms with E-state index < -0.39 is 0 Å². The van der Waals surface area contributed by atoms with E-state index in [1.165, 1.54) is 17.3 Å². The van der Waals surface area contributed by atoms with Gasteiger partial charge in [-0.3, -0.25) is 4.98 Å². The van der Waals surface area contributed by atoms with Crippen molar-refractivity contribution in [3.05, 3.63) is 60.4 Å². The van der Waals surface area contributed by atoms with Gasteiger partial charge in [0.05, 0.1) is 5.56 Å². The van der Waals surface area contributed by atoms with Crippen molar-refractivity contribution in [2.75, 3.05) is 0 Å². The summed E-state index contributed by atoms with van der Waals surface area (Å²) in [7, 11) is 0. The van der Waals surface area contributed by atoms with Crippen LogP contribution in [0.25, 0.3) is 11.5 Å². The molecule has 0 amide bonds. The minimum Gasteiger partial charge on any atom is -0.411 e. The molecule has 0 fully saturated rings. The van der Waals surface area contributed by atoms with Gasteiger partial charge in [-0.05, 0) is 17.7 Å². The molecule has 0 bridgehead atoms. The van der Waals surface area contributed by atoms with Gasteiger partial charge in [0, 0.05) is 18.1 Å². The number of hydrogen-bond acceptors (Lipinski definition) is 5. The second kappa shape index (κ2) is 7.07. The molecule has 0 radical (unpaired) electrons. The molecule has 2 aromatic heterocycles. The van der Waals surface area contributed by atoms with E-state index in [0.29, 0.717) is 11.1 Å². The average Bonchev–Trinajstić information content (AvgIpc) is 2.96. The third-order valence-corrected chi connectivity index (χ3v) is 3.41. The summed E-state index contributed by atoms with van der Waals surface area (Å²) in [5.41, 5.74) is 2.06. The van der Waals surface area contributed by atoms with E-state index in [1.807, 2.05) is 30.3 Å². The van der Waals surface area contributed by atoms with Gasteiger partial charge in [0.1, 0.15) is 0 Å². The Morgan fingerprint density at radius 3 is 2.60 bits per heavy atom. The smallest absolute Gasteiger partial charge is 0.277 e. The Labute approximate surface area is 127 Å². The summed E-state index contributed by atoms with van der Waals surface area (Å²) in [5, 5.41) is 8.62. The Balaban J connectivity index is 0.00000147. The quantitative estimate of drug-likeness (QED) is 0.685. The molecule has 0 aliphatic rings. The standard InChI is InChI=1S/C14H11N3OS.ClH/c1-2-5-11(6-3-1)10-19-14-17-16-13(18-14)12-7-4-8-15-9-12;/h1-9H,10H2;1H. The van der Waals surface area contributed by atoms with E-state index in [4.69, 9.17) is 4.42 Å². The van der Waals surface area contributed by atoms with Crippen LogP contribution in [0.5, 0.6) is 0 Å². The number of aromatic nitrogens is 3. The highest BCUT2D eigenvalue weighted by Crippen LogP contribution is 2.24. The molecule has 6 heteroatoms. The number of hydrogen-bond donors (Lipinski definition) is 0. The summed E-state index contributed by atoms with van der Waals surface area (Å²) in [6.45, 7) is 0. The second-order valence-corrected chi connectivity index (χ2v) is 4.82. The average molecular weight is 306 g/mol. The van der Waals surface area contributed by atoms with Gasteiger partial charge in [0.15, 0.2) is 0 Å². The topological polar surface area (TPSA) is 51.8 Å². The summed E-state index contributed by atoms with van der Waals surface area (Å²) < 4.78 is 5.59. The Bertz CT molecular complexity index is 646. The lowest BCUT2D eigenvalue weighted by molar-refractivity contribution is 0.465. The highest BCUT2D eigenvalue weighted by Gasteiger charge is 2.08. The van der Waals surface area contributed by atoms with Crippen LogP contribution in [-0.2, 0) is 5.75 Å². The summed E-state index contributed by atoms with van der Waals surface area (Å²) in [4.78, 5) is 4.03. The molecule has 0 aliphatic heterocycles. The van der Waals surface area contributed by atoms with Crippen LogP contribution in [-0.4, -0.2) is 15.2 Å². The van der Waals surface area contributed by atoms with E-state index in [1.54, 1.807) is 12.4 Å².